The van der Waals surface area contributed by atoms with Crippen LogP contribution in [0.5, 0.6) is 0 Å². The number of benzene rings is 1. The van der Waals surface area contributed by atoms with Crippen LogP contribution in [0.15, 0.2) is 42.6 Å². The molecule has 3 rings (SSSR count). The van der Waals surface area contributed by atoms with Crippen molar-refractivity contribution < 1.29 is 4.79 Å². The van der Waals surface area contributed by atoms with Crippen LogP contribution in [0.2, 0.25) is 5.02 Å². The first-order chi connectivity index (χ1) is 12.2. The number of nitrogens with zero attached hydrogens (tertiary/aromatic N) is 2. The van der Waals surface area contributed by atoms with Crippen LogP contribution in [0, 0.1) is 0 Å². The molecule has 0 spiro atoms. The zero-order valence-corrected chi connectivity index (χ0v) is 15.1. The van der Waals surface area contributed by atoms with E-state index in [9.17, 15) is 4.79 Å². The van der Waals surface area contributed by atoms with Crippen LogP contribution in [0.1, 0.15) is 41.6 Å². The van der Waals surface area contributed by atoms with E-state index in [1.807, 2.05) is 30.3 Å². The molecule has 0 radical (unpaired) electrons. The van der Waals surface area contributed by atoms with E-state index in [2.05, 4.69) is 15.2 Å². The van der Waals surface area contributed by atoms with Crippen LogP contribution in [0.25, 0.3) is 0 Å². The lowest BCUT2D eigenvalue weighted by Crippen LogP contribution is -2.28. The highest BCUT2D eigenvalue weighted by Gasteiger charge is 2.13. The quantitative estimate of drug-likeness (QED) is 0.876. The van der Waals surface area contributed by atoms with Crippen molar-refractivity contribution in [2.45, 2.75) is 32.1 Å². The molecule has 1 saturated heterocycles. The smallest absolute Gasteiger partial charge is 0.251 e. The maximum atomic E-state index is 12.4. The molecule has 0 atom stereocenters. The van der Waals surface area contributed by atoms with E-state index in [0.29, 0.717) is 12.1 Å². The van der Waals surface area contributed by atoms with Crippen molar-refractivity contribution in [3.05, 3.63) is 58.7 Å². The van der Waals surface area contributed by atoms with Gasteiger partial charge < -0.3 is 10.2 Å². The third kappa shape index (κ3) is 5.20. The van der Waals surface area contributed by atoms with E-state index in [4.69, 9.17) is 11.6 Å². The number of anilines is 1. The summed E-state index contributed by atoms with van der Waals surface area (Å²) >= 11 is 5.99. The van der Waals surface area contributed by atoms with Gasteiger partial charge in [0.15, 0.2) is 0 Å². The summed E-state index contributed by atoms with van der Waals surface area (Å²) in [5, 5.41) is 3.70. The van der Waals surface area contributed by atoms with E-state index < -0.39 is 0 Å². The summed E-state index contributed by atoms with van der Waals surface area (Å²) in [5.41, 5.74) is 1.79. The van der Waals surface area contributed by atoms with E-state index in [1.54, 1.807) is 12.3 Å². The Hall–Kier alpha value is -2.07. The first-order valence-corrected chi connectivity index (χ1v) is 9.34. The Labute approximate surface area is 154 Å². The lowest BCUT2D eigenvalue weighted by Gasteiger charge is -2.21. The van der Waals surface area contributed by atoms with Gasteiger partial charge in [0, 0.05) is 36.4 Å². The van der Waals surface area contributed by atoms with Gasteiger partial charge in [-0.15, -0.1) is 0 Å². The molecule has 1 amide bonds. The zero-order chi connectivity index (χ0) is 17.5. The van der Waals surface area contributed by atoms with Gasteiger partial charge in [0.25, 0.3) is 5.91 Å². The van der Waals surface area contributed by atoms with Crippen LogP contribution < -0.4 is 10.2 Å². The van der Waals surface area contributed by atoms with Gasteiger partial charge in [-0.1, -0.05) is 36.6 Å². The highest BCUT2D eigenvalue weighted by atomic mass is 35.5. The summed E-state index contributed by atoms with van der Waals surface area (Å²) in [6.45, 7) is 2.63. The Morgan fingerprint density at radius 1 is 1.12 bits per heavy atom. The van der Waals surface area contributed by atoms with Crippen LogP contribution in [0.4, 0.5) is 5.82 Å². The fourth-order valence-corrected chi connectivity index (χ4v) is 3.36. The highest BCUT2D eigenvalue weighted by Crippen LogP contribution is 2.18. The molecule has 4 nitrogen and oxygen atoms in total. The van der Waals surface area contributed by atoms with Gasteiger partial charge >= 0.3 is 0 Å². The van der Waals surface area contributed by atoms with Crippen molar-refractivity contribution in [2.75, 3.05) is 24.5 Å². The predicted molar refractivity (Wildman–Crippen MR) is 102 cm³/mol. The molecule has 0 unspecified atom stereocenters. The molecular weight excluding hydrogens is 334 g/mol. The van der Waals surface area contributed by atoms with Gasteiger partial charge in [-0.3, -0.25) is 4.79 Å². The van der Waals surface area contributed by atoms with Crippen molar-refractivity contribution in [1.29, 1.82) is 0 Å². The third-order valence-electron chi connectivity index (χ3n) is 4.53. The van der Waals surface area contributed by atoms with Crippen molar-refractivity contribution in [3.8, 4) is 0 Å². The molecule has 5 heteroatoms. The van der Waals surface area contributed by atoms with Gasteiger partial charge in [0.05, 0.1) is 0 Å². The van der Waals surface area contributed by atoms with Gasteiger partial charge in [0.1, 0.15) is 5.82 Å². The number of hydrogen-bond donors (Lipinski definition) is 1. The molecule has 1 aliphatic heterocycles. The number of pyridine rings is 1. The Morgan fingerprint density at radius 3 is 2.68 bits per heavy atom. The molecule has 0 saturated carbocycles. The van der Waals surface area contributed by atoms with E-state index in [1.165, 1.54) is 25.7 Å². The lowest BCUT2D eigenvalue weighted by atomic mass is 10.1. The number of halogens is 1. The molecule has 1 fully saturated rings. The summed E-state index contributed by atoms with van der Waals surface area (Å²) in [4.78, 5) is 19.2. The molecule has 1 aromatic heterocycles. The Bertz CT molecular complexity index is 712. The summed E-state index contributed by atoms with van der Waals surface area (Å²) in [5.74, 6) is 0.852. The molecule has 2 aromatic rings. The van der Waals surface area contributed by atoms with Crippen LogP contribution in [-0.2, 0) is 6.42 Å². The number of hydrogen-bond acceptors (Lipinski definition) is 3. The number of rotatable bonds is 5. The van der Waals surface area contributed by atoms with Crippen LogP contribution >= 0.6 is 11.6 Å². The normalized spacial score (nSPS) is 14.8. The number of amides is 1. The maximum absolute atomic E-state index is 12.4. The van der Waals surface area contributed by atoms with Gasteiger partial charge in [-0.2, -0.15) is 0 Å². The number of carbonyl (C=O) groups is 1. The minimum absolute atomic E-state index is 0.0551. The van der Waals surface area contributed by atoms with Crippen molar-refractivity contribution >= 4 is 23.3 Å². The van der Waals surface area contributed by atoms with Crippen LogP contribution in [0.3, 0.4) is 0 Å². The second-order valence-electron chi connectivity index (χ2n) is 6.44. The molecule has 0 aliphatic carbocycles. The standard InChI is InChI=1S/C20H24ClN3O/c21-18-7-5-6-16(14-18)8-10-23-20(25)17-9-11-22-19(15-17)24-12-3-1-2-4-13-24/h5-7,9,11,14-15H,1-4,8,10,12-13H2,(H,23,25). The molecule has 1 aliphatic rings. The largest absolute Gasteiger partial charge is 0.357 e. The fourth-order valence-electron chi connectivity index (χ4n) is 3.15. The van der Waals surface area contributed by atoms with Crippen molar-refractivity contribution in [1.82, 2.24) is 10.3 Å². The monoisotopic (exact) mass is 357 g/mol. The minimum atomic E-state index is -0.0551. The first-order valence-electron chi connectivity index (χ1n) is 8.96. The molecule has 132 valence electrons. The average Bonchev–Trinajstić information content (AvgIpc) is 2.91. The lowest BCUT2D eigenvalue weighted by molar-refractivity contribution is 0.0954. The average molecular weight is 358 g/mol. The summed E-state index contributed by atoms with van der Waals surface area (Å²) in [6, 6.07) is 11.4. The summed E-state index contributed by atoms with van der Waals surface area (Å²) in [6.07, 6.45) is 7.43. The second-order valence-corrected chi connectivity index (χ2v) is 6.88. The van der Waals surface area contributed by atoms with Gasteiger partial charge in [0.2, 0.25) is 0 Å². The molecule has 25 heavy (non-hydrogen) atoms. The first kappa shape index (κ1) is 17.7. The molecule has 1 N–H and O–H groups in total. The summed E-state index contributed by atoms with van der Waals surface area (Å²) < 4.78 is 0. The van der Waals surface area contributed by atoms with E-state index >= 15 is 0 Å². The fraction of sp³-hybridized carbons (Fsp3) is 0.400. The highest BCUT2D eigenvalue weighted by molar-refractivity contribution is 6.30. The summed E-state index contributed by atoms with van der Waals surface area (Å²) in [7, 11) is 0. The number of carbonyl (C=O) groups excluding carboxylic acids is 1. The molecule has 0 bridgehead atoms. The minimum Gasteiger partial charge on any atom is -0.357 e. The topological polar surface area (TPSA) is 45.2 Å². The Kier molecular flexibility index (Phi) is 6.29. The van der Waals surface area contributed by atoms with Crippen molar-refractivity contribution in [2.24, 2.45) is 0 Å². The Morgan fingerprint density at radius 2 is 1.92 bits per heavy atom. The maximum Gasteiger partial charge on any atom is 0.251 e. The van der Waals surface area contributed by atoms with Gasteiger partial charge in [-0.05, 0) is 49.1 Å². The zero-order valence-electron chi connectivity index (χ0n) is 14.4. The molecule has 1 aromatic carbocycles. The molecular formula is C20H24ClN3O. The molecule has 2 heterocycles. The van der Waals surface area contributed by atoms with Crippen molar-refractivity contribution in [3.63, 3.8) is 0 Å². The predicted octanol–water partition coefficient (Wildman–Crippen LogP) is 4.09. The number of nitrogens with one attached hydrogen (secondary N) is 1. The van der Waals surface area contributed by atoms with Gasteiger partial charge in [-0.25, -0.2) is 4.98 Å². The second kappa shape index (κ2) is 8.86. The van der Waals surface area contributed by atoms with E-state index in [0.717, 1.165) is 35.9 Å². The van der Waals surface area contributed by atoms with E-state index in [-0.39, 0.29) is 5.91 Å². The Balaban J connectivity index is 1.57. The van der Waals surface area contributed by atoms with Crippen LogP contribution in [-0.4, -0.2) is 30.5 Å². The number of aromatic nitrogens is 1. The third-order valence-corrected chi connectivity index (χ3v) is 4.76. The SMILES string of the molecule is O=C(NCCc1cccc(Cl)c1)c1ccnc(N2CCCCCC2)c1.